The molecule has 0 atom stereocenters. The topological polar surface area (TPSA) is 30.9 Å². The molecule has 1 heterocycles. The Kier molecular flexibility index (Phi) is 4.13. The lowest BCUT2D eigenvalue weighted by atomic mass is 10.1. The molecule has 2 nitrogen and oxygen atoms in total. The molecule has 1 aromatic heterocycles. The first-order valence-corrected chi connectivity index (χ1v) is 8.15. The van der Waals surface area contributed by atoms with Gasteiger partial charge in [0, 0.05) is 23.6 Å². The van der Waals surface area contributed by atoms with Crippen LogP contribution in [0.15, 0.2) is 22.8 Å². The maximum absolute atomic E-state index is 13.8. The summed E-state index contributed by atoms with van der Waals surface area (Å²) in [6, 6.07) is 3.54. The molecule has 0 aliphatic heterocycles. The number of nitrogens with two attached hydrogens (primary N) is 1. The third-order valence-electron chi connectivity index (χ3n) is 4.35. The Balaban J connectivity index is 2.03. The summed E-state index contributed by atoms with van der Waals surface area (Å²) in [5, 5.41) is 1.01. The molecule has 108 valence electrons. The maximum Gasteiger partial charge on any atom is 0.138 e. The molecule has 1 saturated carbocycles. The minimum Gasteiger partial charge on any atom is -0.347 e. The second kappa shape index (κ2) is 5.86. The Labute approximate surface area is 127 Å². The predicted octanol–water partition coefficient (Wildman–Crippen LogP) is 4.23. The van der Waals surface area contributed by atoms with E-state index in [1.54, 1.807) is 6.07 Å². The molecular weight excluding hydrogens is 319 g/mol. The summed E-state index contributed by atoms with van der Waals surface area (Å²) in [5.41, 5.74) is 7.96. The van der Waals surface area contributed by atoms with Crippen LogP contribution in [-0.2, 0) is 13.0 Å². The minimum atomic E-state index is -0.200. The van der Waals surface area contributed by atoms with Gasteiger partial charge in [0.15, 0.2) is 0 Å². The minimum absolute atomic E-state index is 0.200. The largest absolute Gasteiger partial charge is 0.347 e. The fourth-order valence-corrected chi connectivity index (χ4v) is 3.67. The van der Waals surface area contributed by atoms with Crippen LogP contribution < -0.4 is 5.73 Å². The van der Waals surface area contributed by atoms with E-state index in [0.29, 0.717) is 11.0 Å². The molecule has 1 aromatic carbocycles. The Morgan fingerprint density at radius 2 is 2.05 bits per heavy atom. The number of halogens is 2. The molecule has 0 saturated heterocycles. The molecule has 1 aliphatic carbocycles. The first-order chi connectivity index (χ1) is 9.69. The van der Waals surface area contributed by atoms with E-state index < -0.39 is 0 Å². The van der Waals surface area contributed by atoms with E-state index in [9.17, 15) is 4.39 Å². The third-order valence-corrected chi connectivity index (χ3v) is 4.96. The molecule has 20 heavy (non-hydrogen) atoms. The molecule has 0 radical (unpaired) electrons. The summed E-state index contributed by atoms with van der Waals surface area (Å²) in [6.45, 7) is 1.64. The Hall–Kier alpha value is -0.870. The van der Waals surface area contributed by atoms with E-state index >= 15 is 0 Å². The second-order valence-electron chi connectivity index (χ2n) is 5.78. The van der Waals surface area contributed by atoms with E-state index in [-0.39, 0.29) is 5.82 Å². The van der Waals surface area contributed by atoms with Crippen molar-refractivity contribution in [1.82, 2.24) is 4.57 Å². The SMILES string of the molecule is NCCc1cn(CC2CCCC2)c2cc(Br)c(F)cc12. The zero-order chi connectivity index (χ0) is 14.1. The summed E-state index contributed by atoms with van der Waals surface area (Å²) in [7, 11) is 0. The summed E-state index contributed by atoms with van der Waals surface area (Å²) in [4.78, 5) is 0. The van der Waals surface area contributed by atoms with Crippen molar-refractivity contribution in [3.63, 3.8) is 0 Å². The highest BCUT2D eigenvalue weighted by Gasteiger charge is 2.18. The highest BCUT2D eigenvalue weighted by atomic mass is 79.9. The Bertz CT molecular complexity index is 614. The van der Waals surface area contributed by atoms with E-state index in [0.717, 1.165) is 35.3 Å². The van der Waals surface area contributed by atoms with Crippen LogP contribution in [0.1, 0.15) is 31.2 Å². The van der Waals surface area contributed by atoms with Crippen LogP contribution in [0.3, 0.4) is 0 Å². The fraction of sp³-hybridized carbons (Fsp3) is 0.500. The zero-order valence-corrected chi connectivity index (χ0v) is 13.1. The van der Waals surface area contributed by atoms with E-state index in [4.69, 9.17) is 5.73 Å². The summed E-state index contributed by atoms with van der Waals surface area (Å²) >= 11 is 3.30. The summed E-state index contributed by atoms with van der Waals surface area (Å²) in [6.07, 6.45) is 8.29. The van der Waals surface area contributed by atoms with Gasteiger partial charge in [-0.1, -0.05) is 12.8 Å². The van der Waals surface area contributed by atoms with Gasteiger partial charge in [-0.3, -0.25) is 0 Å². The average Bonchev–Trinajstić information content (AvgIpc) is 3.02. The van der Waals surface area contributed by atoms with Gasteiger partial charge in [-0.15, -0.1) is 0 Å². The lowest BCUT2D eigenvalue weighted by molar-refractivity contribution is 0.465. The van der Waals surface area contributed by atoms with Gasteiger partial charge in [0.2, 0.25) is 0 Å². The number of hydrogen-bond acceptors (Lipinski definition) is 1. The monoisotopic (exact) mass is 338 g/mol. The average molecular weight is 339 g/mol. The maximum atomic E-state index is 13.8. The second-order valence-corrected chi connectivity index (χ2v) is 6.63. The Morgan fingerprint density at radius 1 is 1.30 bits per heavy atom. The molecule has 0 unspecified atom stereocenters. The van der Waals surface area contributed by atoms with Gasteiger partial charge in [0.1, 0.15) is 5.82 Å². The summed E-state index contributed by atoms with van der Waals surface area (Å²) < 4.78 is 16.6. The quantitative estimate of drug-likeness (QED) is 0.888. The van der Waals surface area contributed by atoms with Gasteiger partial charge in [0.25, 0.3) is 0 Å². The van der Waals surface area contributed by atoms with Crippen molar-refractivity contribution >= 4 is 26.8 Å². The van der Waals surface area contributed by atoms with Crippen molar-refractivity contribution in [1.29, 1.82) is 0 Å². The first kappa shape index (κ1) is 14.1. The zero-order valence-electron chi connectivity index (χ0n) is 11.5. The van der Waals surface area contributed by atoms with Gasteiger partial charge in [0.05, 0.1) is 4.47 Å². The molecule has 0 bridgehead atoms. The van der Waals surface area contributed by atoms with Gasteiger partial charge in [-0.25, -0.2) is 4.39 Å². The van der Waals surface area contributed by atoms with Crippen LogP contribution in [-0.4, -0.2) is 11.1 Å². The van der Waals surface area contributed by atoms with Crippen LogP contribution in [0.4, 0.5) is 4.39 Å². The predicted molar refractivity (Wildman–Crippen MR) is 84.3 cm³/mol. The highest BCUT2D eigenvalue weighted by molar-refractivity contribution is 9.10. The molecule has 0 amide bonds. The van der Waals surface area contributed by atoms with Gasteiger partial charge < -0.3 is 10.3 Å². The lowest BCUT2D eigenvalue weighted by Crippen LogP contribution is -2.06. The number of rotatable bonds is 4. The van der Waals surface area contributed by atoms with E-state index in [2.05, 4.69) is 26.7 Å². The van der Waals surface area contributed by atoms with Gasteiger partial charge in [-0.05, 0) is 65.4 Å². The van der Waals surface area contributed by atoms with E-state index in [1.165, 1.54) is 25.7 Å². The van der Waals surface area contributed by atoms with Crippen LogP contribution in [0.25, 0.3) is 10.9 Å². The van der Waals surface area contributed by atoms with Gasteiger partial charge in [-0.2, -0.15) is 0 Å². The molecule has 3 rings (SSSR count). The van der Waals surface area contributed by atoms with Crippen molar-refractivity contribution in [2.24, 2.45) is 11.7 Å². The summed E-state index contributed by atoms with van der Waals surface area (Å²) in [5.74, 6) is 0.564. The van der Waals surface area contributed by atoms with Crippen LogP contribution in [0.5, 0.6) is 0 Å². The van der Waals surface area contributed by atoms with Crippen LogP contribution in [0.2, 0.25) is 0 Å². The Morgan fingerprint density at radius 3 is 2.75 bits per heavy atom. The van der Waals surface area contributed by atoms with E-state index in [1.807, 2.05) is 6.07 Å². The number of benzene rings is 1. The van der Waals surface area contributed by atoms with Crippen molar-refractivity contribution in [2.75, 3.05) is 6.54 Å². The van der Waals surface area contributed by atoms with Crippen molar-refractivity contribution in [2.45, 2.75) is 38.6 Å². The molecule has 1 aliphatic rings. The van der Waals surface area contributed by atoms with Crippen LogP contribution >= 0.6 is 15.9 Å². The number of hydrogen-bond donors (Lipinski definition) is 1. The highest BCUT2D eigenvalue weighted by Crippen LogP contribution is 2.31. The molecule has 2 aromatic rings. The van der Waals surface area contributed by atoms with Crippen molar-refractivity contribution in [3.05, 3.63) is 34.2 Å². The lowest BCUT2D eigenvalue weighted by Gasteiger charge is -2.11. The number of aromatic nitrogens is 1. The molecular formula is C16H20BrFN2. The first-order valence-electron chi connectivity index (χ1n) is 7.36. The smallest absolute Gasteiger partial charge is 0.138 e. The normalized spacial score (nSPS) is 16.4. The fourth-order valence-electron chi connectivity index (χ4n) is 3.34. The third kappa shape index (κ3) is 2.63. The molecule has 1 fully saturated rings. The van der Waals surface area contributed by atoms with Crippen molar-refractivity contribution < 1.29 is 4.39 Å². The molecule has 4 heteroatoms. The molecule has 2 N–H and O–H groups in total. The van der Waals surface area contributed by atoms with Crippen LogP contribution in [0, 0.1) is 11.7 Å². The van der Waals surface area contributed by atoms with Crippen molar-refractivity contribution in [3.8, 4) is 0 Å². The number of fused-ring (bicyclic) bond motifs is 1. The number of nitrogens with zero attached hydrogens (tertiary/aromatic N) is 1. The standard InChI is InChI=1S/C16H20BrFN2/c17-14-8-16-13(7-15(14)18)12(5-6-19)10-20(16)9-11-3-1-2-4-11/h7-8,10-11H,1-6,9,19H2. The molecule has 0 spiro atoms. The van der Waals surface area contributed by atoms with Gasteiger partial charge >= 0.3 is 0 Å².